The van der Waals surface area contributed by atoms with E-state index in [-0.39, 0.29) is 5.69 Å². The third kappa shape index (κ3) is 3.90. The molecule has 0 bridgehead atoms. The molecule has 0 saturated heterocycles. The first-order chi connectivity index (χ1) is 12.5. The summed E-state index contributed by atoms with van der Waals surface area (Å²) in [5, 5.41) is 27.2. The summed E-state index contributed by atoms with van der Waals surface area (Å²) in [6.45, 7) is 1.93. The van der Waals surface area contributed by atoms with E-state index < -0.39 is 11.0 Å². The van der Waals surface area contributed by atoms with E-state index in [0.29, 0.717) is 16.3 Å². The standard InChI is InChI=1S/C16H11N5O3S2/c1-9-6-12(25-8-17)14-13(7-9)26-16(19-14)20-15(22)18-10-2-4-11(5-3-10)21(23)24/h2-7H,1H3,(H2,18,19,20,22). The number of carbonyl (C=O) groups is 1. The van der Waals surface area contributed by atoms with E-state index in [4.69, 9.17) is 5.26 Å². The predicted octanol–water partition coefficient (Wildman–Crippen LogP) is 4.73. The van der Waals surface area contributed by atoms with Crippen LogP contribution in [0.25, 0.3) is 10.2 Å². The summed E-state index contributed by atoms with van der Waals surface area (Å²) in [6, 6.07) is 8.81. The van der Waals surface area contributed by atoms with Gasteiger partial charge in [0.05, 0.1) is 15.1 Å². The quantitative estimate of drug-likeness (QED) is 0.290. The van der Waals surface area contributed by atoms with Crippen LogP contribution in [-0.4, -0.2) is 15.9 Å². The molecule has 3 rings (SSSR count). The van der Waals surface area contributed by atoms with Crippen molar-refractivity contribution in [2.24, 2.45) is 0 Å². The molecule has 130 valence electrons. The number of anilines is 2. The van der Waals surface area contributed by atoms with Crippen molar-refractivity contribution in [3.05, 3.63) is 52.1 Å². The van der Waals surface area contributed by atoms with E-state index in [1.54, 1.807) is 0 Å². The van der Waals surface area contributed by atoms with Crippen LogP contribution in [0.15, 0.2) is 41.3 Å². The minimum atomic E-state index is -0.510. The Morgan fingerprint density at radius 3 is 2.69 bits per heavy atom. The number of thiocyanates is 1. The van der Waals surface area contributed by atoms with Gasteiger partial charge < -0.3 is 5.32 Å². The van der Waals surface area contributed by atoms with Crippen molar-refractivity contribution in [3.63, 3.8) is 0 Å². The molecule has 0 spiro atoms. The van der Waals surface area contributed by atoms with Crippen LogP contribution in [0.1, 0.15) is 5.56 Å². The summed E-state index contributed by atoms with van der Waals surface area (Å²) < 4.78 is 0.869. The number of urea groups is 1. The summed E-state index contributed by atoms with van der Waals surface area (Å²) in [5.74, 6) is 0. The van der Waals surface area contributed by atoms with Crippen LogP contribution < -0.4 is 10.6 Å². The normalized spacial score (nSPS) is 10.3. The second-order valence-electron chi connectivity index (χ2n) is 5.21. The minimum absolute atomic E-state index is 0.0555. The van der Waals surface area contributed by atoms with E-state index in [1.807, 2.05) is 24.5 Å². The number of aromatic nitrogens is 1. The Morgan fingerprint density at radius 1 is 1.31 bits per heavy atom. The van der Waals surface area contributed by atoms with Crippen LogP contribution in [0.5, 0.6) is 0 Å². The van der Waals surface area contributed by atoms with E-state index >= 15 is 0 Å². The average molecular weight is 385 g/mol. The molecule has 0 aliphatic carbocycles. The molecule has 2 N–H and O–H groups in total. The molecular weight excluding hydrogens is 374 g/mol. The van der Waals surface area contributed by atoms with Crippen LogP contribution >= 0.6 is 23.1 Å². The molecule has 1 heterocycles. The van der Waals surface area contributed by atoms with Crippen molar-refractivity contribution in [2.45, 2.75) is 11.8 Å². The minimum Gasteiger partial charge on any atom is -0.308 e. The second kappa shape index (κ2) is 7.38. The lowest BCUT2D eigenvalue weighted by Gasteiger charge is -2.04. The van der Waals surface area contributed by atoms with E-state index in [9.17, 15) is 14.9 Å². The summed E-state index contributed by atoms with van der Waals surface area (Å²) in [5.41, 5.74) is 2.03. The molecule has 2 amide bonds. The number of non-ortho nitro benzene ring substituents is 1. The van der Waals surface area contributed by atoms with Gasteiger partial charge in [0.2, 0.25) is 0 Å². The zero-order chi connectivity index (χ0) is 18.7. The van der Waals surface area contributed by atoms with Gasteiger partial charge >= 0.3 is 6.03 Å². The Kier molecular flexibility index (Phi) is 5.01. The zero-order valence-electron chi connectivity index (χ0n) is 13.3. The number of aryl methyl sites for hydroxylation is 1. The van der Waals surface area contributed by atoms with Gasteiger partial charge in [-0.05, 0) is 48.5 Å². The van der Waals surface area contributed by atoms with Gasteiger partial charge in [-0.15, -0.1) is 0 Å². The Balaban J connectivity index is 1.76. The molecule has 0 aliphatic heterocycles. The number of nitro groups is 1. The number of amides is 2. The number of benzene rings is 2. The van der Waals surface area contributed by atoms with Crippen molar-refractivity contribution in [2.75, 3.05) is 10.6 Å². The molecule has 0 aliphatic rings. The number of hydrogen-bond acceptors (Lipinski definition) is 7. The number of thiazole rings is 1. The molecule has 1 aromatic heterocycles. The van der Waals surface area contributed by atoms with Crippen molar-refractivity contribution in [1.82, 2.24) is 4.98 Å². The topological polar surface area (TPSA) is 121 Å². The first-order valence-electron chi connectivity index (χ1n) is 7.26. The number of thioether (sulfide) groups is 1. The highest BCUT2D eigenvalue weighted by atomic mass is 32.2. The molecule has 0 fully saturated rings. The number of nitrogens with zero attached hydrogens (tertiary/aromatic N) is 3. The van der Waals surface area contributed by atoms with E-state index in [0.717, 1.165) is 26.9 Å². The Hall–Kier alpha value is -3.16. The fraction of sp³-hybridized carbons (Fsp3) is 0.0625. The first-order valence-corrected chi connectivity index (χ1v) is 8.89. The van der Waals surface area contributed by atoms with Crippen LogP contribution in [0, 0.1) is 27.7 Å². The van der Waals surface area contributed by atoms with Crippen molar-refractivity contribution < 1.29 is 9.72 Å². The fourth-order valence-corrected chi connectivity index (χ4v) is 3.88. The van der Waals surface area contributed by atoms with Crippen molar-refractivity contribution in [3.8, 4) is 5.40 Å². The number of nitriles is 1. The van der Waals surface area contributed by atoms with Crippen LogP contribution in [0.2, 0.25) is 0 Å². The number of nitrogens with one attached hydrogen (secondary N) is 2. The molecule has 0 atom stereocenters. The highest BCUT2D eigenvalue weighted by molar-refractivity contribution is 8.04. The van der Waals surface area contributed by atoms with Gasteiger partial charge in [0.1, 0.15) is 5.40 Å². The largest absolute Gasteiger partial charge is 0.325 e. The zero-order valence-corrected chi connectivity index (χ0v) is 15.0. The van der Waals surface area contributed by atoms with E-state index in [2.05, 4.69) is 15.6 Å². The van der Waals surface area contributed by atoms with Crippen LogP contribution in [-0.2, 0) is 0 Å². The lowest BCUT2D eigenvalue weighted by atomic mass is 10.2. The fourth-order valence-electron chi connectivity index (χ4n) is 2.24. The highest BCUT2D eigenvalue weighted by Crippen LogP contribution is 2.34. The molecular formula is C16H11N5O3S2. The molecule has 8 nitrogen and oxygen atoms in total. The molecule has 26 heavy (non-hydrogen) atoms. The smallest absolute Gasteiger partial charge is 0.308 e. The van der Waals surface area contributed by atoms with E-state index in [1.165, 1.54) is 35.6 Å². The molecule has 2 aromatic carbocycles. The van der Waals surface area contributed by atoms with Gasteiger partial charge in [0.15, 0.2) is 5.13 Å². The number of carbonyl (C=O) groups excluding carboxylic acids is 1. The number of hydrogen-bond donors (Lipinski definition) is 2. The van der Waals surface area contributed by atoms with Gasteiger partial charge in [-0.25, -0.2) is 9.78 Å². The van der Waals surface area contributed by atoms with Gasteiger partial charge in [-0.3, -0.25) is 15.4 Å². The van der Waals surface area contributed by atoms with Gasteiger partial charge in [-0.2, -0.15) is 5.26 Å². The third-order valence-corrected chi connectivity index (χ3v) is 4.86. The van der Waals surface area contributed by atoms with Gasteiger partial charge in [0, 0.05) is 22.7 Å². The second-order valence-corrected chi connectivity index (χ2v) is 7.06. The average Bonchev–Trinajstić information content (AvgIpc) is 2.97. The molecule has 0 saturated carbocycles. The summed E-state index contributed by atoms with van der Waals surface area (Å²) in [6.07, 6.45) is 0. The number of nitro benzene ring substituents is 1. The lowest BCUT2D eigenvalue weighted by Crippen LogP contribution is -2.19. The Morgan fingerprint density at radius 2 is 2.04 bits per heavy atom. The summed E-state index contributed by atoms with van der Waals surface area (Å²) in [7, 11) is 0. The Bertz CT molecular complexity index is 1040. The van der Waals surface area contributed by atoms with Crippen LogP contribution in [0.4, 0.5) is 21.3 Å². The molecule has 3 aromatic rings. The Labute approximate surface area is 156 Å². The van der Waals surface area contributed by atoms with Crippen molar-refractivity contribution in [1.29, 1.82) is 5.26 Å². The van der Waals surface area contributed by atoms with Gasteiger partial charge in [0.25, 0.3) is 5.69 Å². The maximum absolute atomic E-state index is 12.1. The van der Waals surface area contributed by atoms with Gasteiger partial charge in [-0.1, -0.05) is 11.3 Å². The first kappa shape index (κ1) is 17.7. The molecule has 0 radical (unpaired) electrons. The predicted molar refractivity (Wildman–Crippen MR) is 102 cm³/mol. The monoisotopic (exact) mass is 385 g/mol. The number of fused-ring (bicyclic) bond motifs is 1. The highest BCUT2D eigenvalue weighted by Gasteiger charge is 2.13. The lowest BCUT2D eigenvalue weighted by molar-refractivity contribution is -0.384. The van der Waals surface area contributed by atoms with Crippen LogP contribution in [0.3, 0.4) is 0 Å². The maximum Gasteiger partial charge on any atom is 0.325 e. The SMILES string of the molecule is Cc1cc(SC#N)c2nc(NC(=O)Nc3ccc([N+](=O)[O-])cc3)sc2c1. The van der Waals surface area contributed by atoms with Crippen molar-refractivity contribution >= 4 is 55.9 Å². The molecule has 0 unspecified atom stereocenters. The third-order valence-electron chi connectivity index (χ3n) is 3.32. The summed E-state index contributed by atoms with van der Waals surface area (Å²) >= 11 is 2.33. The summed E-state index contributed by atoms with van der Waals surface area (Å²) in [4.78, 5) is 27.3. The maximum atomic E-state index is 12.1. The molecule has 10 heteroatoms. The number of rotatable bonds is 4.